The quantitative estimate of drug-likeness (QED) is 0.814. The van der Waals surface area contributed by atoms with Gasteiger partial charge in [0.2, 0.25) is 0 Å². The molecule has 1 atom stereocenters. The fraction of sp³-hybridized carbons (Fsp3) is 0.294. The third-order valence-corrected chi connectivity index (χ3v) is 4.23. The third kappa shape index (κ3) is 3.54. The number of nitrogens with one attached hydrogen (secondary N) is 1. The van der Waals surface area contributed by atoms with Gasteiger partial charge >= 0.3 is 0 Å². The minimum atomic E-state index is 0.115. The van der Waals surface area contributed by atoms with Crippen LogP contribution in [0.1, 0.15) is 29.7 Å². The van der Waals surface area contributed by atoms with Crippen LogP contribution >= 0.6 is 23.2 Å². The van der Waals surface area contributed by atoms with Gasteiger partial charge in [0, 0.05) is 21.7 Å². The van der Waals surface area contributed by atoms with Crippen LogP contribution in [0.15, 0.2) is 42.5 Å². The van der Waals surface area contributed by atoms with Crippen molar-refractivity contribution >= 4 is 23.2 Å². The number of hydrogen-bond acceptors (Lipinski definition) is 1. The Kier molecular flexibility index (Phi) is 5.47. The molecule has 0 bridgehead atoms. The molecule has 2 aromatic rings. The van der Waals surface area contributed by atoms with E-state index in [9.17, 15) is 0 Å². The van der Waals surface area contributed by atoms with E-state index in [-0.39, 0.29) is 6.04 Å². The lowest BCUT2D eigenvalue weighted by atomic mass is 9.98. The predicted molar refractivity (Wildman–Crippen MR) is 87.8 cm³/mol. The molecule has 106 valence electrons. The van der Waals surface area contributed by atoms with E-state index in [1.807, 2.05) is 25.2 Å². The highest BCUT2D eigenvalue weighted by Gasteiger charge is 2.16. The second kappa shape index (κ2) is 7.12. The van der Waals surface area contributed by atoms with Gasteiger partial charge in [0.05, 0.1) is 0 Å². The van der Waals surface area contributed by atoms with Gasteiger partial charge in [0.1, 0.15) is 0 Å². The van der Waals surface area contributed by atoms with E-state index in [0.717, 1.165) is 18.4 Å². The fourth-order valence-corrected chi connectivity index (χ4v) is 3.00. The highest BCUT2D eigenvalue weighted by Crippen LogP contribution is 2.32. The Hall–Kier alpha value is -1.02. The number of halogens is 2. The summed E-state index contributed by atoms with van der Waals surface area (Å²) in [7, 11) is 1.94. The predicted octanol–water partition coefficient (Wildman–Crippen LogP) is 5.06. The molecule has 20 heavy (non-hydrogen) atoms. The zero-order valence-corrected chi connectivity index (χ0v) is 13.3. The van der Waals surface area contributed by atoms with E-state index in [4.69, 9.17) is 23.2 Å². The molecule has 0 aliphatic heterocycles. The maximum atomic E-state index is 6.29. The number of rotatable bonds is 5. The number of hydrogen-bond donors (Lipinski definition) is 1. The van der Waals surface area contributed by atoms with E-state index in [2.05, 4.69) is 36.5 Å². The van der Waals surface area contributed by atoms with Crippen molar-refractivity contribution < 1.29 is 0 Å². The minimum absolute atomic E-state index is 0.115. The minimum Gasteiger partial charge on any atom is -0.313 e. The van der Waals surface area contributed by atoms with Gasteiger partial charge in [-0.15, -0.1) is 0 Å². The van der Waals surface area contributed by atoms with Crippen molar-refractivity contribution in [2.75, 3.05) is 7.05 Å². The van der Waals surface area contributed by atoms with Crippen LogP contribution in [0.3, 0.4) is 0 Å². The lowest BCUT2D eigenvalue weighted by Gasteiger charge is -2.19. The molecule has 0 saturated heterocycles. The highest BCUT2D eigenvalue weighted by molar-refractivity contribution is 6.36. The van der Waals surface area contributed by atoms with Gasteiger partial charge in [-0.05, 0) is 43.1 Å². The van der Waals surface area contributed by atoms with Crippen LogP contribution in [0, 0.1) is 0 Å². The van der Waals surface area contributed by atoms with Crippen LogP contribution in [0.25, 0.3) is 0 Å². The summed E-state index contributed by atoms with van der Waals surface area (Å²) in [4.78, 5) is 0. The van der Waals surface area contributed by atoms with E-state index >= 15 is 0 Å². The Bertz CT molecular complexity index is 543. The van der Waals surface area contributed by atoms with Gasteiger partial charge in [-0.25, -0.2) is 0 Å². The van der Waals surface area contributed by atoms with E-state index in [1.54, 1.807) is 0 Å². The Morgan fingerprint density at radius 1 is 0.950 bits per heavy atom. The molecule has 2 aromatic carbocycles. The molecule has 3 heteroatoms. The summed E-state index contributed by atoms with van der Waals surface area (Å²) < 4.78 is 0. The highest BCUT2D eigenvalue weighted by atomic mass is 35.5. The lowest BCUT2D eigenvalue weighted by molar-refractivity contribution is 0.592. The summed E-state index contributed by atoms with van der Waals surface area (Å²) in [6, 6.07) is 14.5. The zero-order chi connectivity index (χ0) is 14.5. The largest absolute Gasteiger partial charge is 0.313 e. The van der Waals surface area contributed by atoms with E-state index in [0.29, 0.717) is 10.0 Å². The van der Waals surface area contributed by atoms with Crippen molar-refractivity contribution in [3.8, 4) is 0 Å². The van der Waals surface area contributed by atoms with Crippen molar-refractivity contribution in [2.45, 2.75) is 25.8 Å². The van der Waals surface area contributed by atoms with Gasteiger partial charge < -0.3 is 5.32 Å². The van der Waals surface area contributed by atoms with Gasteiger partial charge in [-0.2, -0.15) is 0 Å². The Morgan fingerprint density at radius 3 is 2.00 bits per heavy atom. The van der Waals surface area contributed by atoms with Crippen LogP contribution in [-0.2, 0) is 12.8 Å². The molecule has 1 nitrogen and oxygen atoms in total. The fourth-order valence-electron chi connectivity index (χ4n) is 2.34. The maximum absolute atomic E-state index is 6.29. The van der Waals surface area contributed by atoms with E-state index < -0.39 is 0 Å². The van der Waals surface area contributed by atoms with Crippen LogP contribution in [0.4, 0.5) is 0 Å². The molecule has 0 aliphatic rings. The van der Waals surface area contributed by atoms with Crippen molar-refractivity contribution in [1.29, 1.82) is 0 Å². The van der Waals surface area contributed by atoms with Crippen LogP contribution < -0.4 is 5.32 Å². The van der Waals surface area contributed by atoms with Crippen molar-refractivity contribution in [2.24, 2.45) is 0 Å². The molecule has 0 spiro atoms. The van der Waals surface area contributed by atoms with Crippen LogP contribution in [-0.4, -0.2) is 7.05 Å². The molecular weight excluding hydrogens is 289 g/mol. The van der Waals surface area contributed by atoms with Gasteiger partial charge in [-0.3, -0.25) is 0 Å². The summed E-state index contributed by atoms with van der Waals surface area (Å²) in [6.45, 7) is 2.16. The summed E-state index contributed by atoms with van der Waals surface area (Å²) in [5.74, 6) is 0. The molecule has 0 fully saturated rings. The number of likely N-dealkylation sites (N-methyl/N-ethyl adjacent to an activating group) is 1. The molecule has 0 aliphatic carbocycles. The SMILES string of the molecule is CCc1ccc(CC(NC)c2c(Cl)cccc2Cl)cc1. The second-order valence-corrected chi connectivity index (χ2v) is 5.67. The number of benzene rings is 2. The third-order valence-electron chi connectivity index (χ3n) is 3.57. The first-order chi connectivity index (χ1) is 9.65. The van der Waals surface area contributed by atoms with Crippen LogP contribution in [0.5, 0.6) is 0 Å². The van der Waals surface area contributed by atoms with Crippen molar-refractivity contribution in [3.05, 3.63) is 69.2 Å². The molecule has 0 aromatic heterocycles. The van der Waals surface area contributed by atoms with Crippen LogP contribution in [0.2, 0.25) is 10.0 Å². The average molecular weight is 308 g/mol. The Morgan fingerprint density at radius 2 is 1.50 bits per heavy atom. The lowest BCUT2D eigenvalue weighted by Crippen LogP contribution is -2.19. The average Bonchev–Trinajstić information content (AvgIpc) is 2.46. The second-order valence-electron chi connectivity index (χ2n) is 4.85. The molecule has 0 saturated carbocycles. The van der Waals surface area contributed by atoms with Gasteiger partial charge in [-0.1, -0.05) is 60.5 Å². The summed E-state index contributed by atoms with van der Waals surface area (Å²) in [6.07, 6.45) is 1.93. The van der Waals surface area contributed by atoms with Gasteiger partial charge in [0.15, 0.2) is 0 Å². The summed E-state index contributed by atoms with van der Waals surface area (Å²) in [5.41, 5.74) is 3.60. The first-order valence-corrected chi connectivity index (χ1v) is 7.60. The summed E-state index contributed by atoms with van der Waals surface area (Å²) >= 11 is 12.6. The number of aryl methyl sites for hydroxylation is 1. The molecule has 0 amide bonds. The molecule has 1 unspecified atom stereocenters. The first-order valence-electron chi connectivity index (χ1n) is 6.84. The van der Waals surface area contributed by atoms with Crippen molar-refractivity contribution in [3.63, 3.8) is 0 Å². The Balaban J connectivity index is 2.24. The molecule has 0 radical (unpaired) electrons. The molecule has 0 heterocycles. The standard InChI is InChI=1S/C17H19Cl2N/c1-3-12-7-9-13(10-8-12)11-16(20-2)17-14(18)5-4-6-15(17)19/h4-10,16,20H,3,11H2,1-2H3. The normalized spacial score (nSPS) is 12.4. The molecule has 2 rings (SSSR count). The van der Waals surface area contributed by atoms with Crippen molar-refractivity contribution in [1.82, 2.24) is 5.32 Å². The molecule has 1 N–H and O–H groups in total. The first kappa shape index (κ1) is 15.4. The monoisotopic (exact) mass is 307 g/mol. The Labute approximate surface area is 130 Å². The zero-order valence-electron chi connectivity index (χ0n) is 11.8. The summed E-state index contributed by atoms with van der Waals surface area (Å²) in [5, 5.41) is 4.73. The maximum Gasteiger partial charge on any atom is 0.0468 e. The smallest absolute Gasteiger partial charge is 0.0468 e. The van der Waals surface area contributed by atoms with Gasteiger partial charge in [0.25, 0.3) is 0 Å². The topological polar surface area (TPSA) is 12.0 Å². The molecular formula is C17H19Cl2N. The van der Waals surface area contributed by atoms with E-state index in [1.165, 1.54) is 11.1 Å².